The number of hydrogen-bond acceptors (Lipinski definition) is 6. The Kier molecular flexibility index (Phi) is 9.23. The number of carbonyl (C=O) groups is 1. The SMILES string of the molecule is CCNC(=NCC(c1cccnc1)C(C)C)NC(C)c1nc(C)c(C(=O)OCC)s1. The molecule has 30 heavy (non-hydrogen) atoms. The molecule has 0 aliphatic carbocycles. The van der Waals surface area contributed by atoms with Crippen molar-refractivity contribution in [2.45, 2.75) is 53.5 Å². The molecular weight excluding hydrogens is 398 g/mol. The number of pyridine rings is 1. The normalized spacial score (nSPS) is 13.8. The van der Waals surface area contributed by atoms with Gasteiger partial charge in [-0.2, -0.15) is 0 Å². The highest BCUT2D eigenvalue weighted by molar-refractivity contribution is 7.13. The molecule has 0 amide bonds. The number of hydrogen-bond donors (Lipinski definition) is 2. The fourth-order valence-electron chi connectivity index (χ4n) is 3.06. The van der Waals surface area contributed by atoms with Crippen LogP contribution >= 0.6 is 11.3 Å². The molecule has 2 heterocycles. The molecule has 2 unspecified atom stereocenters. The second kappa shape index (κ2) is 11.6. The average molecular weight is 432 g/mol. The Bertz CT molecular complexity index is 835. The maximum Gasteiger partial charge on any atom is 0.350 e. The van der Waals surface area contributed by atoms with Crippen LogP contribution < -0.4 is 10.6 Å². The summed E-state index contributed by atoms with van der Waals surface area (Å²) < 4.78 is 5.12. The monoisotopic (exact) mass is 431 g/mol. The van der Waals surface area contributed by atoms with Crippen LogP contribution in [0.2, 0.25) is 0 Å². The number of carbonyl (C=O) groups excluding carboxylic acids is 1. The van der Waals surface area contributed by atoms with Crippen LogP contribution in [0, 0.1) is 12.8 Å². The summed E-state index contributed by atoms with van der Waals surface area (Å²) in [6.45, 7) is 13.8. The van der Waals surface area contributed by atoms with E-state index in [1.165, 1.54) is 16.9 Å². The largest absolute Gasteiger partial charge is 0.462 e. The molecule has 0 aliphatic heterocycles. The van der Waals surface area contributed by atoms with E-state index in [9.17, 15) is 4.79 Å². The van der Waals surface area contributed by atoms with Crippen LogP contribution in [-0.4, -0.2) is 41.6 Å². The van der Waals surface area contributed by atoms with Gasteiger partial charge in [-0.25, -0.2) is 9.78 Å². The number of nitrogens with one attached hydrogen (secondary N) is 2. The van der Waals surface area contributed by atoms with Crippen molar-refractivity contribution in [3.63, 3.8) is 0 Å². The third-order valence-corrected chi connectivity index (χ3v) is 6.03. The zero-order chi connectivity index (χ0) is 22.1. The predicted octanol–water partition coefficient (Wildman–Crippen LogP) is 4.08. The van der Waals surface area contributed by atoms with E-state index in [-0.39, 0.29) is 17.9 Å². The highest BCUT2D eigenvalue weighted by Gasteiger charge is 2.21. The molecule has 2 N–H and O–H groups in total. The van der Waals surface area contributed by atoms with Gasteiger partial charge in [0.05, 0.1) is 18.3 Å². The number of ether oxygens (including phenoxy) is 1. The molecule has 0 aromatic carbocycles. The first-order valence-corrected chi connectivity index (χ1v) is 11.3. The molecular formula is C22H33N5O2S. The Balaban J connectivity index is 2.14. The first-order chi connectivity index (χ1) is 14.4. The molecule has 0 bridgehead atoms. The van der Waals surface area contributed by atoms with Gasteiger partial charge in [-0.15, -0.1) is 11.3 Å². The van der Waals surface area contributed by atoms with Crippen molar-refractivity contribution < 1.29 is 9.53 Å². The van der Waals surface area contributed by atoms with Gasteiger partial charge in [0.25, 0.3) is 0 Å². The Morgan fingerprint density at radius 1 is 1.30 bits per heavy atom. The maximum absolute atomic E-state index is 12.1. The van der Waals surface area contributed by atoms with Gasteiger partial charge in [-0.05, 0) is 45.2 Å². The van der Waals surface area contributed by atoms with E-state index < -0.39 is 0 Å². The number of thiazole rings is 1. The molecule has 0 spiro atoms. The number of aromatic nitrogens is 2. The number of esters is 1. The first-order valence-electron chi connectivity index (χ1n) is 10.5. The lowest BCUT2D eigenvalue weighted by Gasteiger charge is -2.21. The Labute approximate surface area is 183 Å². The molecule has 0 saturated carbocycles. The first kappa shape index (κ1) is 23.8. The van der Waals surface area contributed by atoms with Crippen LogP contribution in [0.25, 0.3) is 0 Å². The molecule has 0 fully saturated rings. The fourth-order valence-corrected chi connectivity index (χ4v) is 4.02. The molecule has 164 valence electrons. The molecule has 2 atom stereocenters. The van der Waals surface area contributed by atoms with Crippen molar-refractivity contribution in [2.75, 3.05) is 19.7 Å². The van der Waals surface area contributed by atoms with E-state index in [0.29, 0.717) is 29.6 Å². The standard InChI is InChI=1S/C22H33N5O2S/c1-7-24-22(25-13-18(14(3)4)17-10-9-11-23-12-17)27-16(6)20-26-15(5)19(30-20)21(28)29-8-2/h9-12,14,16,18H,7-8,13H2,1-6H3,(H2,24,25,27). The minimum atomic E-state index is -0.317. The van der Waals surface area contributed by atoms with Crippen molar-refractivity contribution in [2.24, 2.45) is 10.9 Å². The van der Waals surface area contributed by atoms with Gasteiger partial charge in [-0.3, -0.25) is 9.98 Å². The number of nitrogens with zero attached hydrogens (tertiary/aromatic N) is 3. The van der Waals surface area contributed by atoms with Crippen molar-refractivity contribution in [3.05, 3.63) is 45.7 Å². The predicted molar refractivity (Wildman–Crippen MR) is 122 cm³/mol. The van der Waals surface area contributed by atoms with Crippen molar-refractivity contribution >= 4 is 23.3 Å². The fraction of sp³-hybridized carbons (Fsp3) is 0.545. The second-order valence-corrected chi connectivity index (χ2v) is 8.44. The van der Waals surface area contributed by atoms with E-state index in [1.807, 2.05) is 33.0 Å². The van der Waals surface area contributed by atoms with E-state index in [0.717, 1.165) is 17.5 Å². The van der Waals surface area contributed by atoms with Crippen LogP contribution in [0.5, 0.6) is 0 Å². The number of rotatable bonds is 9. The summed E-state index contributed by atoms with van der Waals surface area (Å²) in [5.74, 6) is 1.13. The van der Waals surface area contributed by atoms with E-state index >= 15 is 0 Å². The molecule has 2 aromatic heterocycles. The zero-order valence-corrected chi connectivity index (χ0v) is 19.5. The quantitative estimate of drug-likeness (QED) is 0.353. The summed E-state index contributed by atoms with van der Waals surface area (Å²) in [7, 11) is 0. The zero-order valence-electron chi connectivity index (χ0n) is 18.7. The van der Waals surface area contributed by atoms with Gasteiger partial charge < -0.3 is 15.4 Å². The number of aliphatic imine (C=N–C) groups is 1. The Hall–Kier alpha value is -2.48. The maximum atomic E-state index is 12.1. The highest BCUT2D eigenvalue weighted by Crippen LogP contribution is 2.25. The molecule has 2 rings (SSSR count). The summed E-state index contributed by atoms with van der Waals surface area (Å²) in [5.41, 5.74) is 1.88. The molecule has 0 radical (unpaired) electrons. The van der Waals surface area contributed by atoms with Crippen molar-refractivity contribution in [1.82, 2.24) is 20.6 Å². The lowest BCUT2D eigenvalue weighted by molar-refractivity contribution is 0.0531. The lowest BCUT2D eigenvalue weighted by Crippen LogP contribution is -2.39. The van der Waals surface area contributed by atoms with Gasteiger partial charge in [0.1, 0.15) is 9.88 Å². The van der Waals surface area contributed by atoms with E-state index in [2.05, 4.69) is 40.5 Å². The number of guanidine groups is 1. The summed E-state index contributed by atoms with van der Waals surface area (Å²) >= 11 is 1.36. The summed E-state index contributed by atoms with van der Waals surface area (Å²) in [6.07, 6.45) is 3.70. The summed E-state index contributed by atoms with van der Waals surface area (Å²) in [4.78, 5) is 26.3. The Morgan fingerprint density at radius 2 is 2.07 bits per heavy atom. The molecule has 2 aromatic rings. The van der Waals surface area contributed by atoms with Gasteiger partial charge in [0, 0.05) is 31.4 Å². The van der Waals surface area contributed by atoms with Crippen molar-refractivity contribution in [3.8, 4) is 0 Å². The summed E-state index contributed by atoms with van der Waals surface area (Å²) in [5, 5.41) is 7.54. The van der Waals surface area contributed by atoms with Crippen LogP contribution in [0.1, 0.15) is 72.5 Å². The van der Waals surface area contributed by atoms with Crippen LogP contribution in [-0.2, 0) is 4.74 Å². The van der Waals surface area contributed by atoms with Crippen LogP contribution in [0.15, 0.2) is 29.5 Å². The molecule has 8 heteroatoms. The van der Waals surface area contributed by atoms with E-state index in [1.54, 1.807) is 13.1 Å². The molecule has 0 saturated heterocycles. The Morgan fingerprint density at radius 3 is 2.67 bits per heavy atom. The van der Waals surface area contributed by atoms with E-state index in [4.69, 9.17) is 9.73 Å². The summed E-state index contributed by atoms with van der Waals surface area (Å²) in [6, 6.07) is 3.97. The smallest absolute Gasteiger partial charge is 0.350 e. The van der Waals surface area contributed by atoms with Crippen molar-refractivity contribution in [1.29, 1.82) is 0 Å². The lowest BCUT2D eigenvalue weighted by atomic mass is 9.89. The van der Waals surface area contributed by atoms with Crippen LogP contribution in [0.4, 0.5) is 0 Å². The topological polar surface area (TPSA) is 88.5 Å². The highest BCUT2D eigenvalue weighted by atomic mass is 32.1. The molecule has 0 aliphatic rings. The van der Waals surface area contributed by atoms with Gasteiger partial charge >= 0.3 is 5.97 Å². The average Bonchev–Trinajstić information content (AvgIpc) is 3.11. The van der Waals surface area contributed by atoms with Crippen LogP contribution in [0.3, 0.4) is 0 Å². The third-order valence-electron chi connectivity index (χ3n) is 4.71. The minimum absolute atomic E-state index is 0.0921. The molecule has 7 nitrogen and oxygen atoms in total. The second-order valence-electron chi connectivity index (χ2n) is 7.41. The third kappa shape index (κ3) is 6.52. The van der Waals surface area contributed by atoms with Gasteiger partial charge in [0.15, 0.2) is 5.96 Å². The van der Waals surface area contributed by atoms with Gasteiger partial charge in [0.2, 0.25) is 0 Å². The van der Waals surface area contributed by atoms with Gasteiger partial charge in [-0.1, -0.05) is 19.9 Å². The minimum Gasteiger partial charge on any atom is -0.462 e. The number of aryl methyl sites for hydroxylation is 1.